The summed E-state index contributed by atoms with van der Waals surface area (Å²) in [5.41, 5.74) is 0.894. The van der Waals surface area contributed by atoms with Crippen LogP contribution in [0.1, 0.15) is 20.7 Å². The third-order valence-electron chi connectivity index (χ3n) is 3.20. The number of nitrogens with one attached hydrogen (secondary N) is 2. The van der Waals surface area contributed by atoms with Crippen molar-refractivity contribution in [3.8, 4) is 0 Å². The topological polar surface area (TPSA) is 93.7 Å². The van der Waals surface area contributed by atoms with E-state index >= 15 is 0 Å². The first-order chi connectivity index (χ1) is 11.9. The molecule has 0 saturated carbocycles. The molecule has 0 spiro atoms. The molecule has 7 nitrogen and oxygen atoms in total. The van der Waals surface area contributed by atoms with Gasteiger partial charge in [0.05, 0.1) is 31.0 Å². The number of hydrogen-bond donors (Lipinski definition) is 2. The molecule has 0 aliphatic rings. The summed E-state index contributed by atoms with van der Waals surface area (Å²) in [4.78, 5) is 35.6. The van der Waals surface area contributed by atoms with Crippen LogP contribution in [0, 0.1) is 0 Å². The number of halogens is 1. The number of esters is 2. The number of benzene rings is 2. The average Bonchev–Trinajstić information content (AvgIpc) is 2.62. The Morgan fingerprint density at radius 2 is 1.52 bits per heavy atom. The third kappa shape index (κ3) is 4.71. The van der Waals surface area contributed by atoms with E-state index in [4.69, 9.17) is 11.6 Å². The van der Waals surface area contributed by atoms with E-state index in [9.17, 15) is 14.4 Å². The van der Waals surface area contributed by atoms with Crippen molar-refractivity contribution in [1.29, 1.82) is 0 Å². The van der Waals surface area contributed by atoms with Gasteiger partial charge in [-0.1, -0.05) is 11.6 Å². The number of anilines is 2. The number of methoxy groups -OCH3 is 2. The van der Waals surface area contributed by atoms with E-state index < -0.39 is 18.0 Å². The Morgan fingerprint density at radius 3 is 2.12 bits per heavy atom. The van der Waals surface area contributed by atoms with Crippen LogP contribution in [0.15, 0.2) is 42.5 Å². The SMILES string of the molecule is COC(=O)c1ccc(C(=O)OC)c(NC(=O)Nc2ccc(Cl)cc2)c1. The number of amides is 2. The zero-order valence-electron chi connectivity index (χ0n) is 13.5. The summed E-state index contributed by atoms with van der Waals surface area (Å²) in [5, 5.41) is 5.64. The Bertz CT molecular complexity index is 805. The van der Waals surface area contributed by atoms with Crippen molar-refractivity contribution in [3.05, 3.63) is 58.6 Å². The average molecular weight is 363 g/mol. The largest absolute Gasteiger partial charge is 0.465 e. The van der Waals surface area contributed by atoms with E-state index in [1.807, 2.05) is 0 Å². The van der Waals surface area contributed by atoms with Crippen molar-refractivity contribution in [2.24, 2.45) is 0 Å². The summed E-state index contributed by atoms with van der Waals surface area (Å²) in [5.74, 6) is -1.25. The molecule has 8 heteroatoms. The lowest BCUT2D eigenvalue weighted by molar-refractivity contribution is 0.0587. The molecule has 0 atom stereocenters. The molecule has 0 bridgehead atoms. The molecular weight excluding hydrogens is 348 g/mol. The van der Waals surface area contributed by atoms with Gasteiger partial charge in [-0.2, -0.15) is 0 Å². The second kappa shape index (κ2) is 8.16. The third-order valence-corrected chi connectivity index (χ3v) is 3.45. The summed E-state index contributed by atoms with van der Waals surface area (Å²) in [6.45, 7) is 0. The van der Waals surface area contributed by atoms with Crippen LogP contribution in [0.3, 0.4) is 0 Å². The molecule has 2 rings (SSSR count). The molecule has 0 heterocycles. The molecule has 0 radical (unpaired) electrons. The number of urea groups is 1. The highest BCUT2D eigenvalue weighted by molar-refractivity contribution is 6.30. The summed E-state index contributed by atoms with van der Waals surface area (Å²) in [6.07, 6.45) is 0. The van der Waals surface area contributed by atoms with Gasteiger partial charge in [-0.15, -0.1) is 0 Å². The number of carbonyl (C=O) groups excluding carboxylic acids is 3. The molecule has 0 fully saturated rings. The van der Waals surface area contributed by atoms with Crippen molar-refractivity contribution >= 4 is 40.9 Å². The van der Waals surface area contributed by atoms with Gasteiger partial charge in [0.1, 0.15) is 0 Å². The molecule has 2 N–H and O–H groups in total. The zero-order valence-corrected chi connectivity index (χ0v) is 14.2. The fourth-order valence-corrected chi connectivity index (χ4v) is 2.12. The fourth-order valence-electron chi connectivity index (χ4n) is 2.00. The van der Waals surface area contributed by atoms with Gasteiger partial charge in [-0.25, -0.2) is 14.4 Å². The Labute approximate surface area is 148 Å². The lowest BCUT2D eigenvalue weighted by Crippen LogP contribution is -2.21. The van der Waals surface area contributed by atoms with Gasteiger partial charge < -0.3 is 20.1 Å². The lowest BCUT2D eigenvalue weighted by Gasteiger charge is -2.12. The van der Waals surface area contributed by atoms with Gasteiger partial charge in [0.25, 0.3) is 0 Å². The van der Waals surface area contributed by atoms with Crippen LogP contribution in [-0.2, 0) is 9.47 Å². The van der Waals surface area contributed by atoms with Crippen LogP contribution in [0.2, 0.25) is 5.02 Å². The molecule has 2 amide bonds. The van der Waals surface area contributed by atoms with Crippen molar-refractivity contribution in [3.63, 3.8) is 0 Å². The quantitative estimate of drug-likeness (QED) is 0.811. The van der Waals surface area contributed by atoms with Gasteiger partial charge in [0, 0.05) is 10.7 Å². The fraction of sp³-hybridized carbons (Fsp3) is 0.118. The van der Waals surface area contributed by atoms with Gasteiger partial charge in [0.2, 0.25) is 0 Å². The van der Waals surface area contributed by atoms with Crippen LogP contribution >= 0.6 is 11.6 Å². The van der Waals surface area contributed by atoms with Crippen LogP contribution < -0.4 is 10.6 Å². The minimum atomic E-state index is -0.654. The number of ether oxygens (including phenoxy) is 2. The predicted molar refractivity (Wildman–Crippen MR) is 93.2 cm³/mol. The predicted octanol–water partition coefficient (Wildman–Crippen LogP) is 3.56. The van der Waals surface area contributed by atoms with Crippen molar-refractivity contribution in [1.82, 2.24) is 0 Å². The molecule has 0 aliphatic heterocycles. The maximum absolute atomic E-state index is 12.2. The first-order valence-electron chi connectivity index (χ1n) is 7.09. The Morgan fingerprint density at radius 1 is 0.880 bits per heavy atom. The van der Waals surface area contributed by atoms with E-state index in [0.29, 0.717) is 10.7 Å². The van der Waals surface area contributed by atoms with Gasteiger partial charge in [-0.3, -0.25) is 0 Å². The number of rotatable bonds is 4. The van der Waals surface area contributed by atoms with Gasteiger partial charge in [0.15, 0.2) is 0 Å². The second-order valence-corrected chi connectivity index (χ2v) is 5.27. The monoisotopic (exact) mass is 362 g/mol. The van der Waals surface area contributed by atoms with E-state index in [2.05, 4.69) is 20.1 Å². The minimum absolute atomic E-state index is 0.0985. The van der Waals surface area contributed by atoms with Crippen LogP contribution in [-0.4, -0.2) is 32.2 Å². The molecule has 25 heavy (non-hydrogen) atoms. The first kappa shape index (κ1) is 18.3. The van der Waals surface area contributed by atoms with E-state index in [0.717, 1.165) is 0 Å². The summed E-state index contributed by atoms with van der Waals surface area (Å²) in [6, 6.07) is 9.98. The van der Waals surface area contributed by atoms with Gasteiger partial charge in [-0.05, 0) is 42.5 Å². The van der Waals surface area contributed by atoms with Crippen molar-refractivity contribution < 1.29 is 23.9 Å². The minimum Gasteiger partial charge on any atom is -0.465 e. The van der Waals surface area contributed by atoms with Crippen LogP contribution in [0.5, 0.6) is 0 Å². The van der Waals surface area contributed by atoms with Crippen molar-refractivity contribution in [2.45, 2.75) is 0 Å². The summed E-state index contributed by atoms with van der Waals surface area (Å²) in [7, 11) is 2.45. The highest BCUT2D eigenvalue weighted by atomic mass is 35.5. The summed E-state index contributed by atoms with van der Waals surface area (Å²) >= 11 is 5.79. The smallest absolute Gasteiger partial charge is 0.339 e. The molecule has 0 saturated heterocycles. The maximum Gasteiger partial charge on any atom is 0.339 e. The molecular formula is C17H15ClN2O5. The molecule has 2 aromatic rings. The molecule has 2 aromatic carbocycles. The molecule has 0 aliphatic carbocycles. The van der Waals surface area contributed by atoms with E-state index in [1.165, 1.54) is 32.4 Å². The summed E-state index contributed by atoms with van der Waals surface area (Å²) < 4.78 is 9.31. The highest BCUT2D eigenvalue weighted by Crippen LogP contribution is 2.20. The van der Waals surface area contributed by atoms with E-state index in [1.54, 1.807) is 24.3 Å². The van der Waals surface area contributed by atoms with E-state index in [-0.39, 0.29) is 16.8 Å². The standard InChI is InChI=1S/C17H15ClN2O5/c1-24-15(21)10-3-8-13(16(22)25-2)14(9-10)20-17(23)19-12-6-4-11(18)5-7-12/h3-9H,1-2H3,(H2,19,20,23). The Hall–Kier alpha value is -3.06. The normalized spacial score (nSPS) is 9.88. The number of carbonyl (C=O) groups is 3. The Kier molecular flexibility index (Phi) is 5.97. The lowest BCUT2D eigenvalue weighted by atomic mass is 10.1. The van der Waals surface area contributed by atoms with Crippen molar-refractivity contribution in [2.75, 3.05) is 24.9 Å². The molecule has 130 valence electrons. The molecule has 0 aromatic heterocycles. The number of hydrogen-bond acceptors (Lipinski definition) is 5. The molecule has 0 unspecified atom stereocenters. The Balaban J connectivity index is 2.25. The van der Waals surface area contributed by atoms with Crippen LogP contribution in [0.4, 0.5) is 16.2 Å². The first-order valence-corrected chi connectivity index (χ1v) is 7.46. The van der Waals surface area contributed by atoms with Crippen LogP contribution in [0.25, 0.3) is 0 Å². The second-order valence-electron chi connectivity index (χ2n) is 4.83. The highest BCUT2D eigenvalue weighted by Gasteiger charge is 2.17. The zero-order chi connectivity index (χ0) is 18.4. The van der Waals surface area contributed by atoms with Gasteiger partial charge >= 0.3 is 18.0 Å². The maximum atomic E-state index is 12.2.